The number of aromatic amines is 1. The molecule has 0 radical (unpaired) electrons. The molecule has 2 aromatic carbocycles. The number of esters is 2. The molecular formula is C23H23NO6. The number of aryl methyl sites for hydroxylation is 1. The number of ketones is 1. The van der Waals surface area contributed by atoms with E-state index in [1.54, 1.807) is 26.0 Å². The summed E-state index contributed by atoms with van der Waals surface area (Å²) in [6.07, 6.45) is -1.07. The number of methoxy groups -OCH3 is 2. The third-order valence-corrected chi connectivity index (χ3v) is 5.01. The first-order chi connectivity index (χ1) is 14.3. The van der Waals surface area contributed by atoms with E-state index in [0.717, 1.165) is 10.8 Å². The van der Waals surface area contributed by atoms with Crippen LogP contribution in [-0.2, 0) is 9.47 Å². The van der Waals surface area contributed by atoms with E-state index in [1.165, 1.54) is 21.1 Å². The Balaban J connectivity index is 1.87. The van der Waals surface area contributed by atoms with Crippen LogP contribution in [-0.4, -0.2) is 43.0 Å². The third kappa shape index (κ3) is 3.78. The monoisotopic (exact) mass is 409 g/mol. The molecule has 1 unspecified atom stereocenters. The van der Waals surface area contributed by atoms with E-state index in [2.05, 4.69) is 4.98 Å². The maximum Gasteiger partial charge on any atom is 0.342 e. The van der Waals surface area contributed by atoms with Crippen LogP contribution in [0.15, 0.2) is 36.4 Å². The molecule has 3 rings (SSSR count). The molecule has 0 aliphatic rings. The molecule has 0 bridgehead atoms. The Hall–Kier alpha value is -3.61. The molecule has 0 saturated carbocycles. The molecule has 3 aromatic rings. The van der Waals surface area contributed by atoms with Crippen LogP contribution in [0.5, 0.6) is 5.75 Å². The molecule has 1 N–H and O–H groups in total. The standard InChI is InChI=1S/C23H23NO6/c1-12-19(23(27)29-5)13(2)24-20(12)21(25)14(3)30-22(26)17-10-15-8-6-7-9-16(15)11-18(17)28-4/h6-11,14,24H,1-5H3. The fourth-order valence-corrected chi connectivity index (χ4v) is 3.43. The SMILES string of the molecule is COC(=O)c1c(C)[nH]c(C(=O)C(C)OC(=O)c2cc3ccccc3cc2OC)c1C. The van der Waals surface area contributed by atoms with Gasteiger partial charge >= 0.3 is 11.9 Å². The number of rotatable bonds is 6. The smallest absolute Gasteiger partial charge is 0.342 e. The van der Waals surface area contributed by atoms with Crippen molar-refractivity contribution in [1.82, 2.24) is 4.98 Å². The lowest BCUT2D eigenvalue weighted by atomic mass is 10.0. The van der Waals surface area contributed by atoms with Crippen LogP contribution in [0.4, 0.5) is 0 Å². The van der Waals surface area contributed by atoms with Crippen LogP contribution in [0, 0.1) is 13.8 Å². The molecule has 1 heterocycles. The van der Waals surface area contributed by atoms with Gasteiger partial charge in [0.1, 0.15) is 11.3 Å². The molecule has 7 nitrogen and oxygen atoms in total. The Bertz CT molecular complexity index is 1140. The van der Waals surface area contributed by atoms with Gasteiger partial charge in [0.25, 0.3) is 0 Å². The Kier molecular flexibility index (Phi) is 5.91. The number of carbonyl (C=O) groups is 3. The molecule has 1 aromatic heterocycles. The number of ether oxygens (including phenoxy) is 3. The number of benzene rings is 2. The van der Waals surface area contributed by atoms with Gasteiger partial charge in [0.2, 0.25) is 5.78 Å². The normalized spacial score (nSPS) is 11.8. The number of H-pyrrole nitrogens is 1. The van der Waals surface area contributed by atoms with Crippen LogP contribution in [0.25, 0.3) is 10.8 Å². The van der Waals surface area contributed by atoms with Gasteiger partial charge in [-0.1, -0.05) is 24.3 Å². The highest BCUT2D eigenvalue weighted by molar-refractivity contribution is 6.05. The van der Waals surface area contributed by atoms with Crippen LogP contribution in [0.3, 0.4) is 0 Å². The minimum atomic E-state index is -1.07. The van der Waals surface area contributed by atoms with Crippen molar-refractivity contribution in [1.29, 1.82) is 0 Å². The number of Topliss-reactive ketones (excluding diaryl/α,β-unsaturated/α-hetero) is 1. The van der Waals surface area contributed by atoms with Crippen molar-refractivity contribution in [2.75, 3.05) is 14.2 Å². The lowest BCUT2D eigenvalue weighted by Gasteiger charge is -2.14. The number of nitrogens with one attached hydrogen (secondary N) is 1. The van der Waals surface area contributed by atoms with Crippen molar-refractivity contribution >= 4 is 28.5 Å². The fourth-order valence-electron chi connectivity index (χ4n) is 3.43. The number of aromatic nitrogens is 1. The van der Waals surface area contributed by atoms with Gasteiger partial charge in [-0.2, -0.15) is 0 Å². The lowest BCUT2D eigenvalue weighted by Crippen LogP contribution is -2.25. The lowest BCUT2D eigenvalue weighted by molar-refractivity contribution is 0.0314. The number of hydrogen-bond acceptors (Lipinski definition) is 6. The largest absolute Gasteiger partial charge is 0.496 e. The second-order valence-electron chi connectivity index (χ2n) is 6.93. The first-order valence-electron chi connectivity index (χ1n) is 9.38. The van der Waals surface area contributed by atoms with Gasteiger partial charge < -0.3 is 19.2 Å². The average molecular weight is 409 g/mol. The van der Waals surface area contributed by atoms with E-state index in [1.807, 2.05) is 24.3 Å². The molecule has 0 fully saturated rings. The van der Waals surface area contributed by atoms with Gasteiger partial charge in [0.05, 0.1) is 25.5 Å². The summed E-state index contributed by atoms with van der Waals surface area (Å²) in [5, 5.41) is 1.77. The van der Waals surface area contributed by atoms with Crippen molar-refractivity contribution in [3.8, 4) is 5.75 Å². The molecule has 156 valence electrons. The van der Waals surface area contributed by atoms with E-state index in [-0.39, 0.29) is 11.3 Å². The molecule has 0 amide bonds. The topological polar surface area (TPSA) is 94.7 Å². The van der Waals surface area contributed by atoms with Crippen molar-refractivity contribution in [2.24, 2.45) is 0 Å². The fraction of sp³-hybridized carbons (Fsp3) is 0.261. The quantitative estimate of drug-likeness (QED) is 0.488. The summed E-state index contributed by atoms with van der Waals surface area (Å²) in [4.78, 5) is 40.5. The minimum Gasteiger partial charge on any atom is -0.496 e. The summed E-state index contributed by atoms with van der Waals surface area (Å²) in [7, 11) is 2.74. The Morgan fingerprint density at radius 3 is 2.20 bits per heavy atom. The molecule has 0 aliphatic heterocycles. The van der Waals surface area contributed by atoms with E-state index in [9.17, 15) is 14.4 Å². The van der Waals surface area contributed by atoms with Gasteiger partial charge in [0.15, 0.2) is 6.10 Å². The molecule has 0 saturated heterocycles. The van der Waals surface area contributed by atoms with Gasteiger partial charge in [-0.3, -0.25) is 4.79 Å². The maximum absolute atomic E-state index is 12.9. The summed E-state index contributed by atoms with van der Waals surface area (Å²) in [5.74, 6) is -1.30. The second-order valence-corrected chi connectivity index (χ2v) is 6.93. The maximum atomic E-state index is 12.9. The number of carbonyl (C=O) groups excluding carboxylic acids is 3. The molecule has 1 atom stereocenters. The Labute approximate surface area is 173 Å². The molecule has 0 spiro atoms. The van der Waals surface area contributed by atoms with Crippen LogP contribution in [0.1, 0.15) is 49.4 Å². The van der Waals surface area contributed by atoms with Gasteiger partial charge in [-0.15, -0.1) is 0 Å². The zero-order chi connectivity index (χ0) is 22.0. The van der Waals surface area contributed by atoms with Gasteiger partial charge in [-0.25, -0.2) is 9.59 Å². The minimum absolute atomic E-state index is 0.207. The summed E-state index contributed by atoms with van der Waals surface area (Å²) in [6, 6.07) is 11.0. The summed E-state index contributed by atoms with van der Waals surface area (Å²) < 4.78 is 15.5. The van der Waals surface area contributed by atoms with E-state index < -0.39 is 23.8 Å². The summed E-state index contributed by atoms with van der Waals surface area (Å²) in [6.45, 7) is 4.80. The highest BCUT2D eigenvalue weighted by Gasteiger charge is 2.28. The zero-order valence-electron chi connectivity index (χ0n) is 17.5. The number of hydrogen-bond donors (Lipinski definition) is 1. The predicted octanol–water partition coefficient (Wildman–Crippen LogP) is 4.01. The van der Waals surface area contributed by atoms with Crippen molar-refractivity contribution in [3.63, 3.8) is 0 Å². The molecule has 0 aliphatic carbocycles. The van der Waals surface area contributed by atoms with Crippen molar-refractivity contribution in [2.45, 2.75) is 26.9 Å². The summed E-state index contributed by atoms with van der Waals surface area (Å²) >= 11 is 0. The first kappa shape index (κ1) is 21.1. The molecule has 30 heavy (non-hydrogen) atoms. The Morgan fingerprint density at radius 2 is 1.60 bits per heavy atom. The molecule has 7 heteroatoms. The van der Waals surface area contributed by atoms with Crippen molar-refractivity contribution in [3.05, 3.63) is 64.5 Å². The van der Waals surface area contributed by atoms with Crippen molar-refractivity contribution < 1.29 is 28.6 Å². The van der Waals surface area contributed by atoms with Crippen LogP contribution < -0.4 is 4.74 Å². The first-order valence-corrected chi connectivity index (χ1v) is 9.38. The van der Waals surface area contributed by atoms with E-state index in [0.29, 0.717) is 22.6 Å². The second kappa shape index (κ2) is 8.41. The van der Waals surface area contributed by atoms with E-state index in [4.69, 9.17) is 14.2 Å². The van der Waals surface area contributed by atoms with Crippen LogP contribution >= 0.6 is 0 Å². The zero-order valence-corrected chi connectivity index (χ0v) is 17.5. The third-order valence-electron chi connectivity index (χ3n) is 5.01. The highest BCUT2D eigenvalue weighted by atomic mass is 16.5. The van der Waals surface area contributed by atoms with Gasteiger partial charge in [-0.05, 0) is 49.2 Å². The summed E-state index contributed by atoms with van der Waals surface area (Å²) in [5.41, 5.74) is 1.70. The Morgan fingerprint density at radius 1 is 0.967 bits per heavy atom. The van der Waals surface area contributed by atoms with Gasteiger partial charge in [0, 0.05) is 5.69 Å². The number of fused-ring (bicyclic) bond motifs is 1. The van der Waals surface area contributed by atoms with Crippen LogP contribution in [0.2, 0.25) is 0 Å². The molecular weight excluding hydrogens is 386 g/mol. The highest BCUT2D eigenvalue weighted by Crippen LogP contribution is 2.27. The average Bonchev–Trinajstić information content (AvgIpc) is 3.05. The predicted molar refractivity (Wildman–Crippen MR) is 111 cm³/mol. The van der Waals surface area contributed by atoms with E-state index >= 15 is 0 Å².